The number of nitrogens with zero attached hydrogens (tertiary/aromatic N) is 2. The first-order valence-corrected chi connectivity index (χ1v) is 44.4. The maximum absolute atomic E-state index is 15.2. The van der Waals surface area contributed by atoms with Crippen molar-refractivity contribution < 1.29 is 112 Å². The van der Waals surface area contributed by atoms with E-state index in [9.17, 15) is 107 Å². The van der Waals surface area contributed by atoms with Gasteiger partial charge in [0.2, 0.25) is 82.7 Å². The average Bonchev–Trinajstić information content (AvgIpc) is 1.74. The predicted octanol–water partition coefficient (Wildman–Crippen LogP) is -1.09. The number of carboxylic acids is 4. The lowest BCUT2D eigenvalue weighted by Crippen LogP contribution is -2.61. The van der Waals surface area contributed by atoms with Crippen molar-refractivity contribution in [3.05, 3.63) is 180 Å². The van der Waals surface area contributed by atoms with Gasteiger partial charge in [0.25, 0.3) is 0 Å². The number of primary amides is 1. The van der Waals surface area contributed by atoms with Crippen LogP contribution in [0.4, 0.5) is 0 Å². The normalized spacial score (nSPS) is 14.1. The Morgan fingerprint density at radius 2 is 0.706 bits per heavy atom. The zero-order valence-corrected chi connectivity index (χ0v) is 76.3. The lowest BCUT2D eigenvalue weighted by atomic mass is 9.97. The minimum atomic E-state index is -2.13. The Balaban J connectivity index is 0.973. The van der Waals surface area contributed by atoms with Crippen molar-refractivity contribution in [2.45, 2.75) is 216 Å². The van der Waals surface area contributed by atoms with E-state index in [0.717, 1.165) is 16.5 Å². The van der Waals surface area contributed by atoms with Crippen molar-refractivity contribution in [3.63, 3.8) is 0 Å². The largest absolute Gasteiger partial charge is 0.481 e. The lowest BCUT2D eigenvalue weighted by molar-refractivity contribution is -0.142. The third-order valence-electron chi connectivity index (χ3n) is 21.6. The molecule has 0 fully saturated rings. The van der Waals surface area contributed by atoms with Crippen LogP contribution < -0.4 is 80.2 Å². The molecule has 0 spiro atoms. The highest BCUT2D eigenvalue weighted by atomic mass is 32.1. The number of carboxylic acid groups (broad SMARTS) is 4. The van der Waals surface area contributed by atoms with Crippen molar-refractivity contribution in [2.24, 2.45) is 17.6 Å². The van der Waals surface area contributed by atoms with Crippen LogP contribution in [-0.4, -0.2) is 260 Å². The molecule has 45 heteroatoms. The Labute approximate surface area is 785 Å². The molecule has 136 heavy (non-hydrogen) atoms. The monoisotopic (exact) mass is 1900 g/mol. The number of H-pyrrole nitrogens is 4. The van der Waals surface area contributed by atoms with Crippen molar-refractivity contribution in [1.82, 2.24) is 104 Å². The SMILES string of the molecule is CC(C)C[C@@H](NC(=O)[C@@H](Cc1c[nH]c2ccccc12)NC(=O)[C@@H](Cc1ccccc1)NC(C)C)C(=O)N[C@H](CC(=O)O)C(=O)NCC(=O)N[C@@H](CCC(=O)O)C(=O)N[C@@H](CS)C(=O)N[C@@H](Cc1ccccc1)C(=O)N[C@@H](CC(=O)O)C(=O)N[C@@H](Cc1c[nH]c2ccccc12)C(=O)N[C@H](Cc1cnc[nH]1)C(=O)N[C@H](CC(N)=O)C(=O)N[C@H](Cc1cnc[nH]1)C(=O)N[C@@H](CCC(=O)O)C(=O)C(C)C. The number of aromatic amines is 4. The van der Waals surface area contributed by atoms with Crippen LogP contribution in [0, 0.1) is 11.8 Å². The Morgan fingerprint density at radius 3 is 1.11 bits per heavy atom. The molecule has 0 bridgehead atoms. The highest BCUT2D eigenvalue weighted by Gasteiger charge is 2.40. The van der Waals surface area contributed by atoms with E-state index in [1.54, 1.807) is 68.6 Å². The summed E-state index contributed by atoms with van der Waals surface area (Å²) in [6.07, 6.45) is 1.08. The summed E-state index contributed by atoms with van der Waals surface area (Å²) in [7, 11) is 0. The Bertz CT molecular complexity index is 5520. The van der Waals surface area contributed by atoms with Crippen molar-refractivity contribution >= 4 is 147 Å². The Hall–Kier alpha value is -15.2. The summed E-state index contributed by atoms with van der Waals surface area (Å²) >= 11 is 4.27. The smallest absolute Gasteiger partial charge is 0.305 e. The number of nitrogens with two attached hydrogens (primary N) is 1. The minimum Gasteiger partial charge on any atom is -0.481 e. The van der Waals surface area contributed by atoms with E-state index in [0.29, 0.717) is 27.6 Å². The van der Waals surface area contributed by atoms with E-state index >= 15 is 4.79 Å². The van der Waals surface area contributed by atoms with Crippen LogP contribution in [0.5, 0.6) is 0 Å². The van der Waals surface area contributed by atoms with E-state index in [1.807, 2.05) is 62.4 Å². The van der Waals surface area contributed by atoms with E-state index in [-0.39, 0.29) is 55.5 Å². The minimum absolute atomic E-state index is 0.0745. The molecule has 4 heterocycles. The second-order valence-corrected chi connectivity index (χ2v) is 33.9. The number of rotatable bonds is 57. The molecule has 0 unspecified atom stereocenters. The summed E-state index contributed by atoms with van der Waals surface area (Å²) in [5.41, 5.74) is 9.54. The first kappa shape index (κ1) is 106. The van der Waals surface area contributed by atoms with Crippen LogP contribution in [-0.2, 0) is 130 Å². The van der Waals surface area contributed by atoms with E-state index < -0.39 is 267 Å². The summed E-state index contributed by atoms with van der Waals surface area (Å²) in [5.74, 6) is -23.7. The first-order valence-electron chi connectivity index (χ1n) is 43.8. The second kappa shape index (κ2) is 52.3. The van der Waals surface area contributed by atoms with Gasteiger partial charge in [-0.15, -0.1) is 0 Å². The maximum atomic E-state index is 15.2. The molecule has 0 radical (unpaired) electrons. The summed E-state index contributed by atoms with van der Waals surface area (Å²) < 4.78 is 0. The standard InChI is InChI=1S/C91H115N21O23S/c1-47(2)29-62(103-85(129)65(32-52-39-95-58-23-15-13-21-56(52)58)105-83(127)63(100-49(5)6)30-50-17-9-7-10-18-50)82(126)110-70(37-77(119)120)80(124)97-43-74(114)101-61(26-28-76(117)118)81(125)112-72(44-136)91(135)104-64(31-51-19-11-8-12-20-51)84(128)111-71(38-78(121)122)90(134)106-66(33-53-40-96-59-24-16-14-22-57(53)59)86(130)107-68(35-55-42-94-46-99-55)88(132)109-69(36-73(92)113)89(133)108-67(34-54-41-93-45-98-54)87(131)102-60(25-27-75(115)116)79(123)48(3)4/h7-24,39-42,45-49,60-72,95-96,100,136H,25-38,43-44H2,1-6H3,(H2,92,113)(H,93,98)(H,94,99)(H,97,124)(H,101,114)(H,102,131)(H,103,129)(H,104,135)(H,105,127)(H,106,134)(H,107,130)(H,108,133)(H,109,132)(H,110,126)(H,111,128)(H,112,125)(H,115,116)(H,117,118)(H,119,120)(H,121,122)/t60-,61-,62+,63+,64-,65+,66-,67+,68+,69+,70+,71-,72-/m0/s1. The van der Waals surface area contributed by atoms with Gasteiger partial charge in [0.05, 0.1) is 50.5 Å². The van der Waals surface area contributed by atoms with Crippen LogP contribution >= 0.6 is 12.6 Å². The third kappa shape index (κ3) is 34.1. The second-order valence-electron chi connectivity index (χ2n) is 33.6. The number of amides is 14. The molecule has 24 N–H and O–H groups in total. The molecule has 44 nitrogen and oxygen atoms in total. The summed E-state index contributed by atoms with van der Waals surface area (Å²) in [4.78, 5) is 283. The first-order chi connectivity index (χ1) is 64.7. The van der Waals surface area contributed by atoms with Gasteiger partial charge in [-0.05, 0) is 66.0 Å². The number of carbonyl (C=O) groups is 19. The number of benzene rings is 4. The molecule has 13 atom stereocenters. The maximum Gasteiger partial charge on any atom is 0.305 e. The Morgan fingerprint density at radius 1 is 0.360 bits per heavy atom. The number of para-hydroxylation sites is 2. The fourth-order valence-corrected chi connectivity index (χ4v) is 15.0. The molecule has 0 aliphatic rings. The molecule has 4 aromatic heterocycles. The number of Topliss-reactive ketones (excluding diaryl/α,β-unsaturated/α-hetero) is 1. The van der Waals surface area contributed by atoms with Gasteiger partial charge in [-0.1, -0.05) is 139 Å². The predicted molar refractivity (Wildman–Crippen MR) is 492 cm³/mol. The third-order valence-corrected chi connectivity index (χ3v) is 21.9. The van der Waals surface area contributed by atoms with E-state index in [4.69, 9.17) is 5.73 Å². The topological polar surface area (TPSA) is 689 Å². The van der Waals surface area contributed by atoms with Crippen molar-refractivity contribution in [1.29, 1.82) is 0 Å². The quantitative estimate of drug-likeness (QED) is 0.0201. The number of hydrogen-bond donors (Lipinski definition) is 24. The van der Waals surface area contributed by atoms with E-state index in [2.05, 4.69) is 117 Å². The summed E-state index contributed by atoms with van der Waals surface area (Å²) in [6, 6.07) is 9.12. The van der Waals surface area contributed by atoms with Crippen LogP contribution in [0.25, 0.3) is 21.8 Å². The van der Waals surface area contributed by atoms with Crippen molar-refractivity contribution in [3.8, 4) is 0 Å². The number of aliphatic carboxylic acids is 4. The number of nitrogens with one attached hydrogen (secondary N) is 18. The lowest BCUT2D eigenvalue weighted by Gasteiger charge is -2.28. The van der Waals surface area contributed by atoms with Gasteiger partial charge < -0.3 is 121 Å². The zero-order chi connectivity index (χ0) is 99.4. The highest BCUT2D eigenvalue weighted by molar-refractivity contribution is 7.80. The molecule has 0 aliphatic heterocycles. The molecular formula is C91H115N21O23S. The van der Waals surface area contributed by atoms with Crippen LogP contribution in [0.2, 0.25) is 0 Å². The number of aromatic nitrogens is 6. The van der Waals surface area contributed by atoms with E-state index in [1.165, 1.54) is 57.2 Å². The molecule has 8 aromatic rings. The number of imidazole rings is 2. The Kier molecular flexibility index (Phi) is 40.8. The van der Waals surface area contributed by atoms with Gasteiger partial charge in [0.15, 0.2) is 5.78 Å². The number of thiol groups is 1. The molecule has 14 amide bonds. The molecule has 0 saturated carbocycles. The number of hydrogen-bond acceptors (Lipinski definition) is 23. The van der Waals surface area contributed by atoms with Gasteiger partial charge >= 0.3 is 23.9 Å². The number of fused-ring (bicyclic) bond motifs is 2. The molecule has 8 rings (SSSR count). The molecular weight excluding hydrogens is 1790 g/mol. The van der Waals surface area contributed by atoms with Crippen LogP contribution in [0.3, 0.4) is 0 Å². The van der Waals surface area contributed by atoms with Gasteiger partial charge in [0, 0.05) is 121 Å². The molecule has 4 aromatic carbocycles. The van der Waals surface area contributed by atoms with Gasteiger partial charge in [-0.25, -0.2) is 9.97 Å². The van der Waals surface area contributed by atoms with Crippen molar-refractivity contribution in [2.75, 3.05) is 12.3 Å². The number of ketones is 1. The highest BCUT2D eigenvalue weighted by Crippen LogP contribution is 2.23. The summed E-state index contributed by atoms with van der Waals surface area (Å²) in [6.45, 7) is 9.15. The average molecular weight is 1900 g/mol. The fourth-order valence-electron chi connectivity index (χ4n) is 14.7. The van der Waals surface area contributed by atoms with Crippen LogP contribution in [0.1, 0.15) is 127 Å². The number of carbonyl (C=O) groups excluding carboxylic acids is 15. The molecule has 0 saturated heterocycles. The zero-order valence-electron chi connectivity index (χ0n) is 75.4. The molecule has 0 aliphatic carbocycles. The fraction of sp³-hybridized carbons (Fsp3) is 0.418. The van der Waals surface area contributed by atoms with Gasteiger partial charge in [-0.2, -0.15) is 12.6 Å². The van der Waals surface area contributed by atoms with Crippen LogP contribution in [0.15, 0.2) is 147 Å². The van der Waals surface area contributed by atoms with Gasteiger partial charge in [-0.3, -0.25) is 91.1 Å². The summed E-state index contributed by atoms with van der Waals surface area (Å²) in [5, 5.41) is 76.2. The molecule has 728 valence electrons. The van der Waals surface area contributed by atoms with Gasteiger partial charge in [0.1, 0.15) is 66.5 Å².